The van der Waals surface area contributed by atoms with Gasteiger partial charge in [0.15, 0.2) is 0 Å². The van der Waals surface area contributed by atoms with Crippen LogP contribution in [0.2, 0.25) is 0 Å². The van der Waals surface area contributed by atoms with E-state index in [-0.39, 0.29) is 12.1 Å². The second-order valence-electron chi connectivity index (χ2n) is 5.97. The van der Waals surface area contributed by atoms with Gasteiger partial charge in [0.05, 0.1) is 18.3 Å². The van der Waals surface area contributed by atoms with Crippen LogP contribution in [0.15, 0.2) is 55.1 Å². The summed E-state index contributed by atoms with van der Waals surface area (Å²) in [5.41, 5.74) is 2.74. The molecule has 7 nitrogen and oxygen atoms in total. The molecule has 0 bridgehead atoms. The van der Waals surface area contributed by atoms with Crippen LogP contribution in [0.5, 0.6) is 0 Å². The van der Waals surface area contributed by atoms with Gasteiger partial charge in [-0.3, -0.25) is 4.98 Å². The van der Waals surface area contributed by atoms with Gasteiger partial charge >= 0.3 is 6.03 Å². The topological polar surface area (TPSA) is 84.7 Å². The summed E-state index contributed by atoms with van der Waals surface area (Å²) >= 11 is 0. The van der Waals surface area contributed by atoms with Crippen molar-refractivity contribution in [2.24, 2.45) is 0 Å². The largest absolute Gasteiger partial charge is 0.333 e. The summed E-state index contributed by atoms with van der Waals surface area (Å²) in [4.78, 5) is 20.7. The summed E-state index contributed by atoms with van der Waals surface area (Å²) in [6, 6.07) is 11.4. The number of rotatable bonds is 3. The molecule has 3 heterocycles. The van der Waals surface area contributed by atoms with Gasteiger partial charge in [0.2, 0.25) is 0 Å². The van der Waals surface area contributed by atoms with E-state index in [1.54, 1.807) is 18.7 Å². The fourth-order valence-electron chi connectivity index (χ4n) is 3.07. The van der Waals surface area contributed by atoms with Crippen LogP contribution in [0.4, 0.5) is 10.5 Å². The number of benzene rings is 1. The van der Waals surface area contributed by atoms with Crippen molar-refractivity contribution in [3.8, 4) is 11.1 Å². The van der Waals surface area contributed by atoms with Crippen molar-refractivity contribution in [1.82, 2.24) is 25.1 Å². The lowest BCUT2D eigenvalue weighted by molar-refractivity contribution is 0.243. The first-order chi connectivity index (χ1) is 12.3. The normalized spacial score (nSPS) is 16.1. The van der Waals surface area contributed by atoms with Gasteiger partial charge in [-0.25, -0.2) is 14.5 Å². The number of urea groups is 1. The molecule has 2 N–H and O–H groups in total. The molecule has 4 rings (SSSR count). The van der Waals surface area contributed by atoms with Gasteiger partial charge in [0.25, 0.3) is 0 Å². The highest BCUT2D eigenvalue weighted by atomic mass is 16.2. The second kappa shape index (κ2) is 6.72. The first-order valence-corrected chi connectivity index (χ1v) is 8.23. The Labute approximate surface area is 145 Å². The highest BCUT2D eigenvalue weighted by Gasteiger charge is 2.21. The van der Waals surface area contributed by atoms with Crippen LogP contribution in [0.1, 0.15) is 12.2 Å². The molecule has 0 fully saturated rings. The van der Waals surface area contributed by atoms with Crippen molar-refractivity contribution < 1.29 is 4.79 Å². The Morgan fingerprint density at radius 3 is 2.88 bits per heavy atom. The average Bonchev–Trinajstić information content (AvgIpc) is 3.10. The molecule has 1 aliphatic heterocycles. The lowest BCUT2D eigenvalue weighted by Crippen LogP contribution is -2.43. The van der Waals surface area contributed by atoms with E-state index >= 15 is 0 Å². The van der Waals surface area contributed by atoms with E-state index < -0.39 is 0 Å². The number of carbonyl (C=O) groups excluding carboxylic acids is 1. The van der Waals surface area contributed by atoms with Crippen LogP contribution < -0.4 is 10.6 Å². The van der Waals surface area contributed by atoms with Gasteiger partial charge in [-0.15, -0.1) is 0 Å². The molecule has 0 radical (unpaired) electrons. The number of hydrogen-bond donors (Lipinski definition) is 2. The minimum absolute atomic E-state index is 0.0438. The highest BCUT2D eigenvalue weighted by molar-refractivity contribution is 5.94. The zero-order valence-corrected chi connectivity index (χ0v) is 13.6. The number of amides is 2. The smallest absolute Gasteiger partial charge is 0.319 e. The molecule has 0 saturated carbocycles. The van der Waals surface area contributed by atoms with Gasteiger partial charge in [0, 0.05) is 24.4 Å². The summed E-state index contributed by atoms with van der Waals surface area (Å²) in [7, 11) is 0. The van der Waals surface area contributed by atoms with Crippen LogP contribution in [0.25, 0.3) is 11.1 Å². The summed E-state index contributed by atoms with van der Waals surface area (Å²) in [6.45, 7) is 0.648. The Hall–Kier alpha value is -3.22. The molecular formula is C18H18N6O. The molecule has 7 heteroatoms. The molecule has 0 unspecified atom stereocenters. The fourth-order valence-corrected chi connectivity index (χ4v) is 3.07. The first kappa shape index (κ1) is 15.3. The van der Waals surface area contributed by atoms with Crippen LogP contribution in [0, 0.1) is 0 Å². The molecular weight excluding hydrogens is 316 g/mol. The van der Waals surface area contributed by atoms with Crippen molar-refractivity contribution in [3.63, 3.8) is 0 Å². The maximum Gasteiger partial charge on any atom is 0.319 e. The number of nitrogens with one attached hydrogen (secondary N) is 2. The van der Waals surface area contributed by atoms with Crippen molar-refractivity contribution in [1.29, 1.82) is 0 Å². The van der Waals surface area contributed by atoms with E-state index in [1.807, 2.05) is 41.1 Å². The van der Waals surface area contributed by atoms with E-state index in [2.05, 4.69) is 25.7 Å². The van der Waals surface area contributed by atoms with Gasteiger partial charge in [-0.2, -0.15) is 5.10 Å². The zero-order chi connectivity index (χ0) is 17.1. The standard InChI is InChI=1S/C18H18N6O/c25-18(22-14-5-6-17-20-12-21-24(17)11-14)23-16-4-2-1-3-15(16)13-7-9-19-10-8-13/h1-4,7-10,12,14H,5-6,11H2,(H2,22,23,25)/t14-/m0/s1. The third-order valence-corrected chi connectivity index (χ3v) is 4.31. The summed E-state index contributed by atoms with van der Waals surface area (Å²) in [5.74, 6) is 0.974. The van der Waals surface area contributed by atoms with Crippen molar-refractivity contribution in [2.75, 3.05) is 5.32 Å². The predicted molar refractivity (Wildman–Crippen MR) is 94.0 cm³/mol. The molecule has 1 aromatic carbocycles. The zero-order valence-electron chi connectivity index (χ0n) is 13.6. The summed E-state index contributed by atoms with van der Waals surface area (Å²) in [5, 5.41) is 10.2. The number of aryl methyl sites for hydroxylation is 1. The SMILES string of the molecule is O=C(Nc1ccccc1-c1ccncc1)N[C@H]1CCc2ncnn2C1. The van der Waals surface area contributed by atoms with Crippen molar-refractivity contribution in [2.45, 2.75) is 25.4 Å². The lowest BCUT2D eigenvalue weighted by atomic mass is 10.1. The number of fused-ring (bicyclic) bond motifs is 1. The third-order valence-electron chi connectivity index (χ3n) is 4.31. The van der Waals surface area contributed by atoms with E-state index in [4.69, 9.17) is 0 Å². The third kappa shape index (κ3) is 3.35. The quantitative estimate of drug-likeness (QED) is 0.770. The van der Waals surface area contributed by atoms with Crippen LogP contribution in [-0.2, 0) is 13.0 Å². The lowest BCUT2D eigenvalue weighted by Gasteiger charge is -2.24. The molecule has 0 spiro atoms. The molecule has 3 aromatic rings. The Morgan fingerprint density at radius 1 is 1.16 bits per heavy atom. The number of pyridine rings is 1. The van der Waals surface area contributed by atoms with Gasteiger partial charge < -0.3 is 10.6 Å². The summed E-state index contributed by atoms with van der Waals surface area (Å²) < 4.78 is 1.85. The average molecular weight is 334 g/mol. The van der Waals surface area contributed by atoms with Crippen LogP contribution >= 0.6 is 0 Å². The molecule has 2 amide bonds. The molecule has 1 aliphatic rings. The number of anilines is 1. The Balaban J connectivity index is 1.45. The molecule has 2 aromatic heterocycles. The minimum Gasteiger partial charge on any atom is -0.333 e. The van der Waals surface area contributed by atoms with Gasteiger partial charge in [-0.1, -0.05) is 18.2 Å². The Morgan fingerprint density at radius 2 is 2.00 bits per heavy atom. The highest BCUT2D eigenvalue weighted by Crippen LogP contribution is 2.27. The molecule has 25 heavy (non-hydrogen) atoms. The Bertz CT molecular complexity index is 876. The van der Waals surface area contributed by atoms with Crippen LogP contribution in [0.3, 0.4) is 0 Å². The number of hydrogen-bond acceptors (Lipinski definition) is 4. The molecule has 1 atom stereocenters. The molecule has 0 aliphatic carbocycles. The van der Waals surface area contributed by atoms with E-state index in [1.165, 1.54) is 0 Å². The fraction of sp³-hybridized carbons (Fsp3) is 0.222. The van der Waals surface area contributed by atoms with Crippen LogP contribution in [-0.4, -0.2) is 31.8 Å². The molecule has 126 valence electrons. The van der Waals surface area contributed by atoms with E-state index in [0.29, 0.717) is 6.54 Å². The monoisotopic (exact) mass is 334 g/mol. The maximum atomic E-state index is 12.4. The van der Waals surface area contributed by atoms with Crippen molar-refractivity contribution >= 4 is 11.7 Å². The second-order valence-corrected chi connectivity index (χ2v) is 5.97. The predicted octanol–water partition coefficient (Wildman–Crippen LogP) is 2.48. The Kier molecular flexibility index (Phi) is 4.12. The van der Waals surface area contributed by atoms with E-state index in [9.17, 15) is 4.79 Å². The minimum atomic E-state index is -0.213. The van der Waals surface area contributed by atoms with Crippen molar-refractivity contribution in [3.05, 3.63) is 60.9 Å². The summed E-state index contributed by atoms with van der Waals surface area (Å²) in [6.07, 6.45) is 6.72. The number of nitrogens with zero attached hydrogens (tertiary/aromatic N) is 4. The number of aromatic nitrogens is 4. The molecule has 0 saturated heterocycles. The van der Waals surface area contributed by atoms with E-state index in [0.717, 1.165) is 35.5 Å². The number of carbonyl (C=O) groups is 1. The van der Waals surface area contributed by atoms with Gasteiger partial charge in [0.1, 0.15) is 12.2 Å². The maximum absolute atomic E-state index is 12.4. The first-order valence-electron chi connectivity index (χ1n) is 8.23. The number of para-hydroxylation sites is 1. The van der Waals surface area contributed by atoms with Gasteiger partial charge in [-0.05, 0) is 30.2 Å².